The van der Waals surface area contributed by atoms with Gasteiger partial charge in [-0.05, 0) is 44.9 Å². The van der Waals surface area contributed by atoms with E-state index in [0.29, 0.717) is 0 Å². The van der Waals surface area contributed by atoms with E-state index in [0.717, 1.165) is 22.0 Å². The lowest BCUT2D eigenvalue weighted by Gasteiger charge is -2.23. The highest BCUT2D eigenvalue weighted by molar-refractivity contribution is 5.90. The average molecular weight is 466 g/mol. The molecule has 1 aromatic heterocycles. The number of esters is 1. The van der Waals surface area contributed by atoms with Crippen molar-refractivity contribution in [3.63, 3.8) is 0 Å². The summed E-state index contributed by atoms with van der Waals surface area (Å²) in [6.45, 7) is 6.81. The van der Waals surface area contributed by atoms with E-state index in [1.165, 1.54) is 6.92 Å². The van der Waals surface area contributed by atoms with Gasteiger partial charge in [-0.1, -0.05) is 48.5 Å². The van der Waals surface area contributed by atoms with E-state index in [4.69, 9.17) is 9.47 Å². The molecule has 8 heteroatoms. The maximum Gasteiger partial charge on any atom is 0.408 e. The normalized spacial score (nSPS) is 13.1. The topological polar surface area (TPSA) is 110 Å². The molecule has 2 aromatic carbocycles. The summed E-state index contributed by atoms with van der Waals surface area (Å²) < 4.78 is 10.7. The number of rotatable bonds is 8. The van der Waals surface area contributed by atoms with E-state index in [1.807, 2.05) is 60.8 Å². The number of fused-ring (bicyclic) bond motifs is 1. The average Bonchev–Trinajstić information content (AvgIpc) is 3.19. The monoisotopic (exact) mass is 465 g/mol. The Bertz CT molecular complexity index is 1130. The number of H-pyrrole nitrogens is 1. The number of carbonyl (C=O) groups excluding carboxylic acids is 3. The molecule has 0 spiro atoms. The lowest BCUT2D eigenvalue weighted by molar-refractivity contribution is -0.149. The van der Waals surface area contributed by atoms with Crippen molar-refractivity contribution in [2.24, 2.45) is 0 Å². The number of hydrogen-bond acceptors (Lipinski definition) is 5. The van der Waals surface area contributed by atoms with Crippen molar-refractivity contribution in [1.29, 1.82) is 0 Å². The van der Waals surface area contributed by atoms with Crippen LogP contribution in [0.5, 0.6) is 0 Å². The minimum absolute atomic E-state index is 0.0889. The minimum Gasteiger partial charge on any atom is -0.459 e. The van der Waals surface area contributed by atoms with Gasteiger partial charge in [0.15, 0.2) is 0 Å². The van der Waals surface area contributed by atoms with Crippen LogP contribution in [0.25, 0.3) is 10.9 Å². The van der Waals surface area contributed by atoms with Gasteiger partial charge < -0.3 is 25.1 Å². The molecule has 8 nitrogen and oxygen atoms in total. The Balaban J connectivity index is 1.71. The number of aromatic nitrogens is 1. The van der Waals surface area contributed by atoms with Crippen molar-refractivity contribution < 1.29 is 23.9 Å². The number of amides is 2. The van der Waals surface area contributed by atoms with Crippen LogP contribution in [0.1, 0.15) is 38.8 Å². The van der Waals surface area contributed by atoms with Crippen LogP contribution in [-0.4, -0.2) is 40.6 Å². The molecule has 0 radical (unpaired) electrons. The summed E-state index contributed by atoms with van der Waals surface area (Å²) >= 11 is 0. The maximum atomic E-state index is 13.0. The number of benzene rings is 2. The van der Waals surface area contributed by atoms with Crippen molar-refractivity contribution in [3.05, 3.63) is 71.9 Å². The third-order valence-electron chi connectivity index (χ3n) is 5.05. The van der Waals surface area contributed by atoms with E-state index in [1.54, 1.807) is 20.8 Å². The molecular formula is C26H31N3O5. The van der Waals surface area contributed by atoms with Crippen LogP contribution in [0.4, 0.5) is 4.79 Å². The molecule has 0 fully saturated rings. The number of aromatic amines is 1. The van der Waals surface area contributed by atoms with E-state index < -0.39 is 35.7 Å². The Morgan fingerprint density at radius 3 is 2.35 bits per heavy atom. The predicted octanol–water partition coefficient (Wildman–Crippen LogP) is 3.85. The number of hydrogen-bond donors (Lipinski definition) is 3. The van der Waals surface area contributed by atoms with Gasteiger partial charge in [-0.15, -0.1) is 0 Å². The fraction of sp³-hybridized carbons (Fsp3) is 0.346. The summed E-state index contributed by atoms with van der Waals surface area (Å²) in [7, 11) is 0. The Kier molecular flexibility index (Phi) is 7.94. The van der Waals surface area contributed by atoms with Gasteiger partial charge >= 0.3 is 12.1 Å². The SMILES string of the molecule is C[C@H](NC(=O)OC(C)(C)C)C(=O)N[C@@H](Cc1c[nH]c2ccccc12)C(=O)OCc1ccccc1. The van der Waals surface area contributed by atoms with E-state index in [9.17, 15) is 14.4 Å². The van der Waals surface area contributed by atoms with Crippen LogP contribution in [-0.2, 0) is 32.1 Å². The molecule has 0 aliphatic rings. The van der Waals surface area contributed by atoms with Gasteiger partial charge in [0.05, 0.1) is 0 Å². The first-order valence-corrected chi connectivity index (χ1v) is 11.2. The van der Waals surface area contributed by atoms with E-state index >= 15 is 0 Å². The number of carbonyl (C=O) groups is 3. The Morgan fingerprint density at radius 2 is 1.65 bits per heavy atom. The second-order valence-corrected chi connectivity index (χ2v) is 9.09. The fourth-order valence-electron chi connectivity index (χ4n) is 3.39. The molecule has 2 atom stereocenters. The van der Waals surface area contributed by atoms with Crippen LogP contribution in [0.3, 0.4) is 0 Å². The van der Waals surface area contributed by atoms with Crippen molar-refractivity contribution in [2.45, 2.75) is 58.4 Å². The van der Waals surface area contributed by atoms with Crippen molar-refractivity contribution in [2.75, 3.05) is 0 Å². The fourth-order valence-corrected chi connectivity index (χ4v) is 3.39. The molecule has 3 rings (SSSR count). The second-order valence-electron chi connectivity index (χ2n) is 9.09. The highest BCUT2D eigenvalue weighted by Crippen LogP contribution is 2.20. The highest BCUT2D eigenvalue weighted by atomic mass is 16.6. The molecule has 1 heterocycles. The molecule has 2 amide bonds. The van der Waals surface area contributed by atoms with Crippen molar-refractivity contribution >= 4 is 28.9 Å². The quantitative estimate of drug-likeness (QED) is 0.438. The van der Waals surface area contributed by atoms with Crippen molar-refractivity contribution in [1.82, 2.24) is 15.6 Å². The van der Waals surface area contributed by atoms with Gasteiger partial charge in [0.1, 0.15) is 24.3 Å². The van der Waals surface area contributed by atoms with Gasteiger partial charge in [-0.25, -0.2) is 9.59 Å². The zero-order valence-corrected chi connectivity index (χ0v) is 19.9. The predicted molar refractivity (Wildman–Crippen MR) is 129 cm³/mol. The summed E-state index contributed by atoms with van der Waals surface area (Å²) in [6, 6.07) is 15.2. The largest absolute Gasteiger partial charge is 0.459 e. The van der Waals surface area contributed by atoms with E-state index in [-0.39, 0.29) is 13.0 Å². The van der Waals surface area contributed by atoms with E-state index in [2.05, 4.69) is 15.6 Å². The first kappa shape index (κ1) is 24.8. The zero-order chi connectivity index (χ0) is 24.7. The number of ether oxygens (including phenoxy) is 2. The van der Waals surface area contributed by atoms with Crippen molar-refractivity contribution in [3.8, 4) is 0 Å². The smallest absolute Gasteiger partial charge is 0.408 e. The van der Waals surface area contributed by atoms with Gasteiger partial charge in [0.2, 0.25) is 5.91 Å². The Morgan fingerprint density at radius 1 is 0.971 bits per heavy atom. The number of nitrogens with one attached hydrogen (secondary N) is 3. The summed E-state index contributed by atoms with van der Waals surface area (Å²) in [5.41, 5.74) is 1.94. The number of para-hydroxylation sites is 1. The third-order valence-corrected chi connectivity index (χ3v) is 5.05. The van der Waals surface area contributed by atoms with Crippen LogP contribution >= 0.6 is 0 Å². The molecule has 3 N–H and O–H groups in total. The van der Waals surface area contributed by atoms with Gasteiger partial charge in [0, 0.05) is 23.5 Å². The van der Waals surface area contributed by atoms with Gasteiger partial charge in [-0.2, -0.15) is 0 Å². The summed E-state index contributed by atoms with van der Waals surface area (Å²) in [5.74, 6) is -1.08. The molecule has 180 valence electrons. The molecule has 0 aliphatic heterocycles. The first-order chi connectivity index (χ1) is 16.1. The Labute approximate surface area is 199 Å². The molecule has 0 saturated heterocycles. The molecule has 0 unspecified atom stereocenters. The standard InChI is InChI=1S/C26H31N3O5/c1-17(28-25(32)34-26(2,3)4)23(30)29-22(24(31)33-16-18-10-6-5-7-11-18)14-19-15-27-21-13-9-8-12-20(19)21/h5-13,15,17,22,27H,14,16H2,1-4H3,(H,28,32)(H,29,30)/t17-,22-/m0/s1. The first-order valence-electron chi connectivity index (χ1n) is 11.2. The van der Waals surface area contributed by atoms with Crippen LogP contribution in [0, 0.1) is 0 Å². The zero-order valence-electron chi connectivity index (χ0n) is 19.9. The van der Waals surface area contributed by atoms with Crippen LogP contribution in [0.15, 0.2) is 60.8 Å². The maximum absolute atomic E-state index is 13.0. The summed E-state index contributed by atoms with van der Waals surface area (Å²) in [4.78, 5) is 41.0. The third kappa shape index (κ3) is 7.10. The highest BCUT2D eigenvalue weighted by Gasteiger charge is 2.28. The lowest BCUT2D eigenvalue weighted by atomic mass is 10.0. The minimum atomic E-state index is -0.946. The Hall–Kier alpha value is -3.81. The molecular weight excluding hydrogens is 434 g/mol. The van der Waals surface area contributed by atoms with Gasteiger partial charge in [0.25, 0.3) is 0 Å². The molecule has 3 aromatic rings. The van der Waals surface area contributed by atoms with Crippen LogP contribution in [0.2, 0.25) is 0 Å². The summed E-state index contributed by atoms with van der Waals surface area (Å²) in [6.07, 6.45) is 1.33. The van der Waals surface area contributed by atoms with Gasteiger partial charge in [-0.3, -0.25) is 4.79 Å². The molecule has 0 bridgehead atoms. The number of alkyl carbamates (subject to hydrolysis) is 1. The van der Waals surface area contributed by atoms with Crippen LogP contribution < -0.4 is 10.6 Å². The molecule has 0 saturated carbocycles. The summed E-state index contributed by atoms with van der Waals surface area (Å²) in [5, 5.41) is 6.18. The lowest BCUT2D eigenvalue weighted by Crippen LogP contribution is -2.52. The molecule has 0 aliphatic carbocycles. The second kappa shape index (κ2) is 10.9. The molecule has 34 heavy (non-hydrogen) atoms.